The molecule has 2 N–H and O–H groups in total. The molecule has 232 valence electrons. The van der Waals surface area contributed by atoms with Crippen LogP contribution in [0.15, 0.2) is 48.5 Å². The molecule has 0 bridgehead atoms. The van der Waals surface area contributed by atoms with Gasteiger partial charge in [-0.25, -0.2) is 9.18 Å². The number of piperazine rings is 1. The zero-order valence-corrected chi connectivity index (χ0v) is 25.2. The summed E-state index contributed by atoms with van der Waals surface area (Å²) in [6.07, 6.45) is -0.0281. The van der Waals surface area contributed by atoms with Crippen LogP contribution < -0.4 is 10.1 Å². The molecule has 11 heteroatoms. The maximum Gasteiger partial charge on any atom is 0.408 e. The van der Waals surface area contributed by atoms with Crippen LogP contribution in [-0.4, -0.2) is 94.3 Å². The van der Waals surface area contributed by atoms with Crippen molar-refractivity contribution < 1.29 is 33.4 Å². The van der Waals surface area contributed by atoms with E-state index in [0.29, 0.717) is 43.9 Å². The van der Waals surface area contributed by atoms with Crippen LogP contribution in [0, 0.1) is 5.82 Å². The van der Waals surface area contributed by atoms with E-state index in [1.54, 1.807) is 20.8 Å². The van der Waals surface area contributed by atoms with E-state index >= 15 is 0 Å². The minimum absolute atomic E-state index is 0.0193. The molecule has 2 fully saturated rings. The topological polar surface area (TPSA) is 112 Å². The number of nitrogens with one attached hydrogen (secondary N) is 1. The summed E-state index contributed by atoms with van der Waals surface area (Å²) in [5, 5.41) is 13.5. The molecule has 0 unspecified atom stereocenters. The summed E-state index contributed by atoms with van der Waals surface area (Å²) in [4.78, 5) is 46.3. The summed E-state index contributed by atoms with van der Waals surface area (Å²) in [5.74, 6) is -0.614. The van der Waals surface area contributed by atoms with Crippen molar-refractivity contribution in [2.24, 2.45) is 0 Å². The highest BCUT2D eigenvalue weighted by molar-refractivity contribution is 5.92. The molecule has 0 saturated carbocycles. The molecule has 3 aliphatic heterocycles. The maximum atomic E-state index is 14.7. The van der Waals surface area contributed by atoms with E-state index in [9.17, 15) is 23.9 Å². The number of hydrogen-bond acceptors (Lipinski definition) is 6. The van der Waals surface area contributed by atoms with Crippen molar-refractivity contribution in [3.63, 3.8) is 0 Å². The Morgan fingerprint density at radius 1 is 1.12 bits per heavy atom. The van der Waals surface area contributed by atoms with Crippen LogP contribution in [0.1, 0.15) is 63.7 Å². The van der Waals surface area contributed by atoms with E-state index < -0.39 is 35.4 Å². The predicted octanol–water partition coefficient (Wildman–Crippen LogP) is 3.98. The second-order valence-electron chi connectivity index (χ2n) is 12.4. The van der Waals surface area contributed by atoms with Gasteiger partial charge in [0.25, 0.3) is 5.91 Å². The fourth-order valence-electron chi connectivity index (χ4n) is 6.60. The Morgan fingerprint density at radius 2 is 1.84 bits per heavy atom. The van der Waals surface area contributed by atoms with Crippen molar-refractivity contribution in [2.45, 2.75) is 76.3 Å². The van der Waals surface area contributed by atoms with Crippen molar-refractivity contribution in [3.8, 4) is 5.75 Å². The Bertz CT molecular complexity index is 1330. The lowest BCUT2D eigenvalue weighted by atomic mass is 9.95. The number of nitrogens with zero attached hydrogens (tertiary/aromatic N) is 3. The van der Waals surface area contributed by atoms with Gasteiger partial charge in [-0.3, -0.25) is 19.4 Å². The average Bonchev–Trinajstić information content (AvgIpc) is 3.36. The Kier molecular flexibility index (Phi) is 8.94. The van der Waals surface area contributed by atoms with Crippen molar-refractivity contribution >= 4 is 17.9 Å². The van der Waals surface area contributed by atoms with Gasteiger partial charge in [0.1, 0.15) is 23.7 Å². The fraction of sp³-hybridized carbons (Fsp3) is 0.531. The molecule has 0 spiro atoms. The second kappa shape index (κ2) is 12.5. The van der Waals surface area contributed by atoms with Crippen LogP contribution in [0.25, 0.3) is 0 Å². The third kappa shape index (κ3) is 6.47. The first-order valence-electron chi connectivity index (χ1n) is 14.9. The number of para-hydroxylation sites is 1. The first-order chi connectivity index (χ1) is 20.5. The molecule has 10 nitrogen and oxygen atoms in total. The molecule has 0 aromatic heterocycles. The number of carboxylic acid groups (broad SMARTS) is 1. The number of ether oxygens (including phenoxy) is 2. The molecule has 3 aliphatic rings. The highest BCUT2D eigenvalue weighted by Crippen LogP contribution is 2.36. The Morgan fingerprint density at radius 3 is 2.51 bits per heavy atom. The number of fused-ring (bicyclic) bond motifs is 2. The van der Waals surface area contributed by atoms with Gasteiger partial charge in [-0.2, -0.15) is 0 Å². The third-order valence-corrected chi connectivity index (χ3v) is 8.55. The van der Waals surface area contributed by atoms with E-state index in [0.717, 1.165) is 10.5 Å². The largest absolute Gasteiger partial charge is 0.493 e. The lowest BCUT2D eigenvalue weighted by Gasteiger charge is -2.46. The smallest absolute Gasteiger partial charge is 0.408 e. The molecule has 2 saturated heterocycles. The zero-order chi connectivity index (χ0) is 30.9. The molecule has 0 radical (unpaired) electrons. The number of halogens is 1. The summed E-state index contributed by atoms with van der Waals surface area (Å²) >= 11 is 0. The van der Waals surface area contributed by atoms with E-state index in [1.165, 1.54) is 29.2 Å². The van der Waals surface area contributed by atoms with E-state index in [4.69, 9.17) is 9.47 Å². The molecule has 0 aliphatic carbocycles. The van der Waals surface area contributed by atoms with Crippen LogP contribution >= 0.6 is 0 Å². The van der Waals surface area contributed by atoms with Crippen LogP contribution in [-0.2, 0) is 14.3 Å². The van der Waals surface area contributed by atoms with Gasteiger partial charge in [-0.1, -0.05) is 30.3 Å². The Balaban J connectivity index is 1.51. The van der Waals surface area contributed by atoms with Crippen LogP contribution in [0.4, 0.5) is 9.18 Å². The SMILES string of the molecule is CCO[C@@H]1C[C@@H]2CN(C(=O)[C@H](c3ccc(F)cc3)N(C(=O)O)C(C)(C)C)[C@H](C(=O)N[C@@H]3CCOc4ccccc43)CN2C1. The molecule has 2 aromatic rings. The van der Waals surface area contributed by atoms with Gasteiger partial charge in [-0.05, 0) is 57.9 Å². The number of carbonyl (C=O) groups excluding carboxylic acids is 2. The molecule has 5 rings (SSSR count). The Hall–Kier alpha value is -3.70. The van der Waals surface area contributed by atoms with Crippen molar-refractivity contribution in [1.82, 2.24) is 20.0 Å². The normalized spacial score (nSPS) is 24.3. The lowest BCUT2D eigenvalue weighted by molar-refractivity contribution is -0.150. The molecule has 2 aromatic carbocycles. The Labute approximate surface area is 251 Å². The van der Waals surface area contributed by atoms with E-state index in [2.05, 4.69) is 10.2 Å². The van der Waals surface area contributed by atoms with Gasteiger partial charge in [-0.15, -0.1) is 0 Å². The zero-order valence-electron chi connectivity index (χ0n) is 25.2. The summed E-state index contributed by atoms with van der Waals surface area (Å²) in [5.41, 5.74) is 0.238. The third-order valence-electron chi connectivity index (χ3n) is 8.55. The highest BCUT2D eigenvalue weighted by atomic mass is 19.1. The molecule has 3 amide bonds. The second-order valence-corrected chi connectivity index (χ2v) is 12.4. The molecular weight excluding hydrogens is 555 g/mol. The number of hydrogen-bond donors (Lipinski definition) is 2. The van der Waals surface area contributed by atoms with Crippen molar-refractivity contribution in [3.05, 3.63) is 65.5 Å². The monoisotopic (exact) mass is 596 g/mol. The quantitative estimate of drug-likeness (QED) is 0.498. The summed E-state index contributed by atoms with van der Waals surface area (Å²) in [6.45, 7) is 9.25. The number of carbonyl (C=O) groups is 3. The number of benzene rings is 2. The van der Waals surface area contributed by atoms with Gasteiger partial charge in [0, 0.05) is 49.8 Å². The minimum atomic E-state index is -1.29. The molecule has 3 heterocycles. The standard InChI is InChI=1S/C32H41FN4O6/c1-5-42-23-16-22-17-36(30(39)28(20-10-12-21(33)13-11-20)37(31(40)41)32(2,3)4)26(19-35(22)18-23)29(38)34-25-14-15-43-27-9-7-6-8-24(25)27/h6-13,22-23,25-26,28H,5,14-19H2,1-4H3,(H,34,38)(H,40,41)/t22-,23-,25-,26+,28+/m1/s1. The number of amides is 3. The van der Waals surface area contributed by atoms with Crippen molar-refractivity contribution in [2.75, 3.05) is 32.8 Å². The van der Waals surface area contributed by atoms with Crippen LogP contribution in [0.2, 0.25) is 0 Å². The summed E-state index contributed by atoms with van der Waals surface area (Å²) in [6, 6.07) is 10.4. The van der Waals surface area contributed by atoms with Gasteiger partial charge in [0.15, 0.2) is 0 Å². The minimum Gasteiger partial charge on any atom is -0.493 e. The van der Waals surface area contributed by atoms with Crippen LogP contribution in [0.3, 0.4) is 0 Å². The summed E-state index contributed by atoms with van der Waals surface area (Å²) < 4.78 is 25.6. The van der Waals surface area contributed by atoms with E-state index in [-0.39, 0.29) is 37.2 Å². The summed E-state index contributed by atoms with van der Waals surface area (Å²) in [7, 11) is 0. The van der Waals surface area contributed by atoms with Gasteiger partial charge >= 0.3 is 6.09 Å². The molecule has 5 atom stereocenters. The average molecular weight is 597 g/mol. The lowest BCUT2D eigenvalue weighted by Crippen LogP contribution is -2.65. The molecular formula is C32H41FN4O6. The van der Waals surface area contributed by atoms with Gasteiger partial charge in [0.05, 0.1) is 18.8 Å². The fourth-order valence-corrected chi connectivity index (χ4v) is 6.60. The number of rotatable bonds is 7. The van der Waals surface area contributed by atoms with Crippen molar-refractivity contribution in [1.29, 1.82) is 0 Å². The first kappa shape index (κ1) is 30.7. The highest BCUT2D eigenvalue weighted by Gasteiger charge is 2.49. The first-order valence-corrected chi connectivity index (χ1v) is 14.9. The van der Waals surface area contributed by atoms with Crippen LogP contribution in [0.5, 0.6) is 5.75 Å². The van der Waals surface area contributed by atoms with Gasteiger partial charge < -0.3 is 24.8 Å². The molecule has 43 heavy (non-hydrogen) atoms. The van der Waals surface area contributed by atoms with E-state index in [1.807, 2.05) is 31.2 Å². The predicted molar refractivity (Wildman–Crippen MR) is 157 cm³/mol. The maximum absolute atomic E-state index is 14.7. The van der Waals surface area contributed by atoms with Gasteiger partial charge in [0.2, 0.25) is 5.91 Å².